The van der Waals surface area contributed by atoms with Gasteiger partial charge in [-0.25, -0.2) is 9.78 Å². The summed E-state index contributed by atoms with van der Waals surface area (Å²) in [5.74, 6) is -1.65. The van der Waals surface area contributed by atoms with Crippen molar-refractivity contribution in [1.29, 1.82) is 0 Å². The molecule has 2 unspecified atom stereocenters. The molecule has 1 aromatic heterocycles. The summed E-state index contributed by atoms with van der Waals surface area (Å²) in [4.78, 5) is 40.9. The number of carbonyl (C=O) groups is 3. The highest BCUT2D eigenvalue weighted by molar-refractivity contribution is 7.13. The van der Waals surface area contributed by atoms with E-state index in [2.05, 4.69) is 10.3 Å². The lowest BCUT2D eigenvalue weighted by Gasteiger charge is -2.20. The Labute approximate surface area is 143 Å². The summed E-state index contributed by atoms with van der Waals surface area (Å²) < 4.78 is 5.17. The molecule has 1 aliphatic rings. The van der Waals surface area contributed by atoms with Crippen LogP contribution < -0.4 is 5.32 Å². The summed E-state index contributed by atoms with van der Waals surface area (Å²) in [5.41, 5.74) is 0.508. The number of hydrogen-bond donors (Lipinski definition) is 2. The normalized spacial score (nSPS) is 20.4. The molecule has 0 bridgehead atoms. The molecule has 2 rings (SSSR count). The fraction of sp³-hybridized carbons (Fsp3) is 0.600. The van der Waals surface area contributed by atoms with E-state index in [0.29, 0.717) is 10.8 Å². The van der Waals surface area contributed by atoms with Gasteiger partial charge in [-0.3, -0.25) is 9.59 Å². The first-order valence-electron chi connectivity index (χ1n) is 7.62. The Morgan fingerprint density at radius 3 is 2.79 bits per heavy atom. The number of carbonyl (C=O) groups excluding carboxylic acids is 2. The van der Waals surface area contributed by atoms with Crippen molar-refractivity contribution in [3.8, 4) is 0 Å². The van der Waals surface area contributed by atoms with Crippen LogP contribution >= 0.6 is 11.3 Å². The number of aliphatic carboxylic acids is 1. The van der Waals surface area contributed by atoms with Crippen LogP contribution in [0.5, 0.6) is 0 Å². The summed E-state index contributed by atoms with van der Waals surface area (Å²) >= 11 is 1.24. The van der Waals surface area contributed by atoms with Gasteiger partial charge in [0, 0.05) is 31.4 Å². The fourth-order valence-corrected chi connectivity index (χ4v) is 3.14. The third-order valence-corrected chi connectivity index (χ3v) is 4.65. The lowest BCUT2D eigenvalue weighted by atomic mass is 10.2. The van der Waals surface area contributed by atoms with Crippen molar-refractivity contribution >= 4 is 34.3 Å². The number of anilines is 1. The summed E-state index contributed by atoms with van der Waals surface area (Å²) in [5, 5.41) is 14.1. The van der Waals surface area contributed by atoms with Crippen LogP contribution in [0, 0.1) is 5.92 Å². The topological polar surface area (TPSA) is 109 Å². The smallest absolute Gasteiger partial charge is 0.326 e. The number of methoxy groups -OCH3 is 1. The standard InChI is InChI=1S/C15H21N3O5S/c1-8(2)13(20)17-15-16-9(7-24-15)4-12(19)18-6-10(23-3)5-11(18)14(21)22/h7-8,10-11H,4-6H2,1-3H3,(H,21,22)(H,16,17,20). The van der Waals surface area contributed by atoms with Gasteiger partial charge in [0.1, 0.15) is 6.04 Å². The van der Waals surface area contributed by atoms with E-state index in [0.717, 1.165) is 0 Å². The fourth-order valence-electron chi connectivity index (χ4n) is 2.43. The van der Waals surface area contributed by atoms with Gasteiger partial charge in [-0.05, 0) is 0 Å². The van der Waals surface area contributed by atoms with Crippen molar-refractivity contribution in [3.05, 3.63) is 11.1 Å². The first-order chi connectivity index (χ1) is 11.3. The number of thiazole rings is 1. The number of amides is 2. The maximum atomic E-state index is 12.4. The minimum atomic E-state index is -1.04. The van der Waals surface area contributed by atoms with Crippen molar-refractivity contribution in [2.45, 2.75) is 38.8 Å². The molecule has 1 aromatic rings. The van der Waals surface area contributed by atoms with E-state index in [1.807, 2.05) is 0 Å². The van der Waals surface area contributed by atoms with Gasteiger partial charge in [0.25, 0.3) is 0 Å². The number of hydrogen-bond acceptors (Lipinski definition) is 6. The van der Waals surface area contributed by atoms with E-state index in [-0.39, 0.29) is 43.2 Å². The highest BCUT2D eigenvalue weighted by atomic mass is 32.1. The second-order valence-corrected chi connectivity index (χ2v) is 6.82. The number of carboxylic acid groups (broad SMARTS) is 1. The lowest BCUT2D eigenvalue weighted by Crippen LogP contribution is -2.41. The third-order valence-electron chi connectivity index (χ3n) is 3.84. The van der Waals surface area contributed by atoms with Crippen LogP contribution in [0.1, 0.15) is 26.0 Å². The molecule has 0 spiro atoms. The number of nitrogens with one attached hydrogen (secondary N) is 1. The molecule has 2 atom stereocenters. The summed E-state index contributed by atoms with van der Waals surface area (Å²) in [6.07, 6.45) is 0.00451. The number of likely N-dealkylation sites (tertiary alicyclic amines) is 1. The van der Waals surface area contributed by atoms with Gasteiger partial charge in [0.15, 0.2) is 5.13 Å². The molecular weight excluding hydrogens is 334 g/mol. The largest absolute Gasteiger partial charge is 0.480 e. The molecule has 2 heterocycles. The van der Waals surface area contributed by atoms with Crippen LogP contribution in [0.4, 0.5) is 5.13 Å². The van der Waals surface area contributed by atoms with Crippen molar-refractivity contribution in [3.63, 3.8) is 0 Å². The summed E-state index contributed by atoms with van der Waals surface area (Å²) in [7, 11) is 1.50. The van der Waals surface area contributed by atoms with Crippen LogP contribution in [0.3, 0.4) is 0 Å². The Morgan fingerprint density at radius 2 is 2.21 bits per heavy atom. The monoisotopic (exact) mass is 355 g/mol. The molecule has 132 valence electrons. The van der Waals surface area contributed by atoms with Crippen LogP contribution in [0.15, 0.2) is 5.38 Å². The number of rotatable bonds is 6. The molecule has 2 amide bonds. The van der Waals surface area contributed by atoms with E-state index >= 15 is 0 Å². The molecule has 0 aromatic carbocycles. The lowest BCUT2D eigenvalue weighted by molar-refractivity contribution is -0.148. The maximum Gasteiger partial charge on any atom is 0.326 e. The minimum Gasteiger partial charge on any atom is -0.480 e. The molecule has 1 aliphatic heterocycles. The zero-order chi connectivity index (χ0) is 17.9. The zero-order valence-electron chi connectivity index (χ0n) is 13.8. The van der Waals surface area contributed by atoms with E-state index in [1.54, 1.807) is 19.2 Å². The van der Waals surface area contributed by atoms with E-state index < -0.39 is 12.0 Å². The highest BCUT2D eigenvalue weighted by Gasteiger charge is 2.39. The molecule has 0 aliphatic carbocycles. The van der Waals surface area contributed by atoms with Crippen molar-refractivity contribution < 1.29 is 24.2 Å². The van der Waals surface area contributed by atoms with Crippen LogP contribution in [0.25, 0.3) is 0 Å². The first-order valence-corrected chi connectivity index (χ1v) is 8.50. The Kier molecular flexibility index (Phi) is 5.89. The molecule has 24 heavy (non-hydrogen) atoms. The minimum absolute atomic E-state index is 0.00569. The number of nitrogens with zero attached hydrogens (tertiary/aromatic N) is 2. The number of carboxylic acids is 1. The SMILES string of the molecule is COC1CC(C(=O)O)N(C(=O)Cc2csc(NC(=O)C(C)C)n2)C1. The Morgan fingerprint density at radius 1 is 1.50 bits per heavy atom. The Balaban J connectivity index is 2.00. The molecule has 0 saturated carbocycles. The Bertz CT molecular complexity index is 630. The molecule has 1 fully saturated rings. The van der Waals surface area contributed by atoms with Gasteiger partial charge in [0.2, 0.25) is 11.8 Å². The van der Waals surface area contributed by atoms with Gasteiger partial charge in [-0.15, -0.1) is 11.3 Å². The predicted octanol–water partition coefficient (Wildman–Crippen LogP) is 0.981. The van der Waals surface area contributed by atoms with Crippen LogP contribution in [0.2, 0.25) is 0 Å². The molecule has 0 radical (unpaired) electrons. The number of ether oxygens (including phenoxy) is 1. The highest BCUT2D eigenvalue weighted by Crippen LogP contribution is 2.23. The zero-order valence-corrected chi connectivity index (χ0v) is 14.6. The van der Waals surface area contributed by atoms with Gasteiger partial charge in [-0.2, -0.15) is 0 Å². The average Bonchev–Trinajstić information content (AvgIpc) is 3.13. The number of aromatic nitrogens is 1. The third kappa shape index (κ3) is 4.30. The maximum absolute atomic E-state index is 12.4. The molecule has 9 heteroatoms. The van der Waals surface area contributed by atoms with Crippen LogP contribution in [-0.4, -0.2) is 58.6 Å². The van der Waals surface area contributed by atoms with E-state index in [4.69, 9.17) is 4.74 Å². The molecule has 1 saturated heterocycles. The second kappa shape index (κ2) is 7.71. The van der Waals surface area contributed by atoms with Crippen molar-refractivity contribution in [1.82, 2.24) is 9.88 Å². The van der Waals surface area contributed by atoms with Gasteiger partial charge >= 0.3 is 5.97 Å². The quantitative estimate of drug-likeness (QED) is 0.787. The van der Waals surface area contributed by atoms with Crippen molar-refractivity contribution in [2.75, 3.05) is 19.0 Å². The summed E-state index contributed by atoms with van der Waals surface area (Å²) in [6, 6.07) is -0.874. The molecule has 2 N–H and O–H groups in total. The van der Waals surface area contributed by atoms with E-state index in [9.17, 15) is 19.5 Å². The first kappa shape index (κ1) is 18.3. The van der Waals surface area contributed by atoms with Gasteiger partial charge in [0.05, 0.1) is 18.2 Å². The van der Waals surface area contributed by atoms with Crippen molar-refractivity contribution in [2.24, 2.45) is 5.92 Å². The van der Waals surface area contributed by atoms with E-state index in [1.165, 1.54) is 23.3 Å². The van der Waals surface area contributed by atoms with Gasteiger partial charge < -0.3 is 20.1 Å². The predicted molar refractivity (Wildman–Crippen MR) is 87.8 cm³/mol. The Hall–Kier alpha value is -2.00. The van der Waals surface area contributed by atoms with Gasteiger partial charge in [-0.1, -0.05) is 13.8 Å². The molecule has 8 nitrogen and oxygen atoms in total. The second-order valence-electron chi connectivity index (χ2n) is 5.96. The van der Waals surface area contributed by atoms with Crippen LogP contribution in [-0.2, 0) is 25.5 Å². The summed E-state index contributed by atoms with van der Waals surface area (Å²) in [6.45, 7) is 3.81. The average molecular weight is 355 g/mol. The molecular formula is C15H21N3O5S.